The van der Waals surface area contributed by atoms with E-state index in [0.717, 1.165) is 18.5 Å². The number of carbonyl (C=O) groups excluding carboxylic acids is 2. The van der Waals surface area contributed by atoms with Gasteiger partial charge < -0.3 is 15.3 Å². The predicted octanol–water partition coefficient (Wildman–Crippen LogP) is 1.81. The fraction of sp³-hybridized carbons (Fsp3) is 0.467. The maximum atomic E-state index is 11.6. The minimum absolute atomic E-state index is 0.0683. The molecule has 1 aromatic carbocycles. The quantitative estimate of drug-likeness (QED) is 0.777. The van der Waals surface area contributed by atoms with Crippen LogP contribution in [0.25, 0.3) is 0 Å². The van der Waals surface area contributed by atoms with E-state index in [-0.39, 0.29) is 6.61 Å². The lowest BCUT2D eigenvalue weighted by Gasteiger charge is -2.32. The van der Waals surface area contributed by atoms with Gasteiger partial charge in [-0.05, 0) is 31.0 Å². The van der Waals surface area contributed by atoms with Crippen LogP contribution >= 0.6 is 0 Å². The van der Waals surface area contributed by atoms with Crippen molar-refractivity contribution in [2.75, 3.05) is 23.4 Å². The van der Waals surface area contributed by atoms with Crippen LogP contribution in [0.3, 0.4) is 0 Å². The molecule has 0 unspecified atom stereocenters. The molecule has 0 saturated carbocycles. The van der Waals surface area contributed by atoms with E-state index < -0.39 is 11.7 Å². The number of aliphatic hydroxyl groups is 1. The van der Waals surface area contributed by atoms with Crippen LogP contribution in [0.4, 0.5) is 11.4 Å². The Hall–Kier alpha value is -1.88. The van der Waals surface area contributed by atoms with Crippen molar-refractivity contribution in [1.82, 2.24) is 0 Å². The van der Waals surface area contributed by atoms with Gasteiger partial charge in [-0.3, -0.25) is 9.59 Å². The fourth-order valence-corrected chi connectivity index (χ4v) is 2.67. The molecule has 20 heavy (non-hydrogen) atoms. The fourth-order valence-electron chi connectivity index (χ4n) is 2.67. The molecule has 1 aliphatic heterocycles. The zero-order chi connectivity index (χ0) is 14.7. The minimum atomic E-state index is -0.576. The van der Waals surface area contributed by atoms with E-state index in [2.05, 4.69) is 24.1 Å². The van der Waals surface area contributed by atoms with Gasteiger partial charge in [-0.2, -0.15) is 0 Å². The van der Waals surface area contributed by atoms with Gasteiger partial charge in [0.25, 0.3) is 11.7 Å². The number of Topliss-reactive ketones (excluding diaryl/α,β-unsaturated/α-hetero) is 1. The number of anilines is 2. The molecule has 0 aromatic heterocycles. The summed E-state index contributed by atoms with van der Waals surface area (Å²) in [7, 11) is 0. The standard InChI is InChI=1S/C15H20N2O3/c1-3-10(4-2)17(7-8-18)11-5-6-12-13(9-11)16-15(20)14(12)19/h5-6,9-10,18H,3-4,7-8H2,1-2H3,(H,16,19,20). The van der Waals surface area contributed by atoms with E-state index in [1.54, 1.807) is 6.07 Å². The zero-order valence-electron chi connectivity index (χ0n) is 11.8. The number of hydrogen-bond acceptors (Lipinski definition) is 4. The monoisotopic (exact) mass is 276 g/mol. The normalized spacial score (nSPS) is 13.6. The van der Waals surface area contributed by atoms with Gasteiger partial charge >= 0.3 is 0 Å². The second kappa shape index (κ2) is 6.05. The van der Waals surface area contributed by atoms with Crippen LogP contribution in [-0.4, -0.2) is 36.0 Å². The molecule has 108 valence electrons. The summed E-state index contributed by atoms with van der Waals surface area (Å²) in [4.78, 5) is 25.1. The summed E-state index contributed by atoms with van der Waals surface area (Å²) in [5.41, 5.74) is 1.90. The molecule has 0 radical (unpaired) electrons. The number of nitrogens with one attached hydrogen (secondary N) is 1. The van der Waals surface area contributed by atoms with Crippen LogP contribution < -0.4 is 10.2 Å². The number of benzene rings is 1. The zero-order valence-corrected chi connectivity index (χ0v) is 11.8. The SMILES string of the molecule is CCC(CC)N(CCO)c1ccc2c(c1)NC(=O)C2=O. The summed E-state index contributed by atoms with van der Waals surface area (Å²) >= 11 is 0. The molecular formula is C15H20N2O3. The van der Waals surface area contributed by atoms with E-state index in [1.165, 1.54) is 0 Å². The first-order valence-corrected chi connectivity index (χ1v) is 6.99. The number of hydrogen-bond donors (Lipinski definition) is 2. The minimum Gasteiger partial charge on any atom is -0.395 e. The smallest absolute Gasteiger partial charge is 0.296 e. The Morgan fingerprint density at radius 3 is 2.55 bits per heavy atom. The highest BCUT2D eigenvalue weighted by Gasteiger charge is 2.28. The van der Waals surface area contributed by atoms with Crippen molar-refractivity contribution < 1.29 is 14.7 Å². The molecule has 0 aliphatic carbocycles. The van der Waals surface area contributed by atoms with Gasteiger partial charge in [-0.1, -0.05) is 13.8 Å². The second-order valence-corrected chi connectivity index (χ2v) is 4.90. The molecule has 0 saturated heterocycles. The molecule has 5 nitrogen and oxygen atoms in total. The Bertz CT molecular complexity index is 524. The number of nitrogens with zero attached hydrogens (tertiary/aromatic N) is 1. The molecule has 5 heteroatoms. The van der Waals surface area contributed by atoms with Gasteiger partial charge in [0.1, 0.15) is 0 Å². The summed E-state index contributed by atoms with van der Waals surface area (Å²) in [6.07, 6.45) is 1.94. The summed E-state index contributed by atoms with van der Waals surface area (Å²) < 4.78 is 0. The second-order valence-electron chi connectivity index (χ2n) is 4.90. The van der Waals surface area contributed by atoms with E-state index >= 15 is 0 Å². The molecular weight excluding hydrogens is 256 g/mol. The van der Waals surface area contributed by atoms with Crippen molar-refractivity contribution in [2.45, 2.75) is 32.7 Å². The number of ketones is 1. The van der Waals surface area contributed by atoms with Crippen LogP contribution in [0.1, 0.15) is 37.0 Å². The molecule has 0 spiro atoms. The lowest BCUT2D eigenvalue weighted by Crippen LogP contribution is -2.36. The highest BCUT2D eigenvalue weighted by atomic mass is 16.3. The third-order valence-electron chi connectivity index (χ3n) is 3.76. The predicted molar refractivity (Wildman–Crippen MR) is 78.2 cm³/mol. The van der Waals surface area contributed by atoms with Gasteiger partial charge in [-0.15, -0.1) is 0 Å². The maximum Gasteiger partial charge on any atom is 0.296 e. The lowest BCUT2D eigenvalue weighted by molar-refractivity contribution is -0.112. The largest absolute Gasteiger partial charge is 0.395 e. The first-order valence-electron chi connectivity index (χ1n) is 6.99. The van der Waals surface area contributed by atoms with Crippen LogP contribution in [-0.2, 0) is 4.79 Å². The van der Waals surface area contributed by atoms with Gasteiger partial charge in [-0.25, -0.2) is 0 Å². The number of aliphatic hydroxyl groups excluding tert-OH is 1. The Morgan fingerprint density at radius 2 is 1.95 bits per heavy atom. The number of fused-ring (bicyclic) bond motifs is 1. The van der Waals surface area contributed by atoms with Crippen molar-refractivity contribution in [1.29, 1.82) is 0 Å². The van der Waals surface area contributed by atoms with E-state index in [0.29, 0.717) is 23.8 Å². The van der Waals surface area contributed by atoms with Crippen molar-refractivity contribution in [3.05, 3.63) is 23.8 Å². The third kappa shape index (κ3) is 2.54. The highest BCUT2D eigenvalue weighted by Crippen LogP contribution is 2.30. The average Bonchev–Trinajstić information content (AvgIpc) is 2.74. The summed E-state index contributed by atoms with van der Waals surface area (Å²) in [6.45, 7) is 4.82. The molecule has 2 N–H and O–H groups in total. The average molecular weight is 276 g/mol. The number of rotatable bonds is 6. The molecule has 0 bridgehead atoms. The highest BCUT2D eigenvalue weighted by molar-refractivity contribution is 6.51. The van der Waals surface area contributed by atoms with E-state index in [1.807, 2.05) is 12.1 Å². The first-order chi connectivity index (χ1) is 9.62. The van der Waals surface area contributed by atoms with Gasteiger partial charge in [0.15, 0.2) is 0 Å². The Kier molecular flexibility index (Phi) is 4.39. The van der Waals surface area contributed by atoms with Crippen LogP contribution in [0.15, 0.2) is 18.2 Å². The van der Waals surface area contributed by atoms with Crippen LogP contribution in [0, 0.1) is 0 Å². The lowest BCUT2D eigenvalue weighted by atomic mass is 10.1. The van der Waals surface area contributed by atoms with Crippen molar-refractivity contribution in [2.24, 2.45) is 0 Å². The van der Waals surface area contributed by atoms with E-state index in [4.69, 9.17) is 0 Å². The molecule has 0 fully saturated rings. The van der Waals surface area contributed by atoms with Crippen molar-refractivity contribution in [3.63, 3.8) is 0 Å². The summed E-state index contributed by atoms with van der Waals surface area (Å²) in [5, 5.41) is 11.8. The van der Waals surface area contributed by atoms with Gasteiger partial charge in [0, 0.05) is 18.3 Å². The molecule has 2 rings (SSSR count). The van der Waals surface area contributed by atoms with E-state index in [9.17, 15) is 14.7 Å². The third-order valence-corrected chi connectivity index (χ3v) is 3.76. The van der Waals surface area contributed by atoms with Gasteiger partial charge in [0.2, 0.25) is 0 Å². The summed E-state index contributed by atoms with van der Waals surface area (Å²) in [6, 6.07) is 5.65. The molecule has 1 aliphatic rings. The molecule has 1 heterocycles. The van der Waals surface area contributed by atoms with Crippen molar-refractivity contribution in [3.8, 4) is 0 Å². The summed E-state index contributed by atoms with van der Waals surface area (Å²) in [5.74, 6) is -1.06. The van der Waals surface area contributed by atoms with Crippen LogP contribution in [0.2, 0.25) is 0 Å². The maximum absolute atomic E-state index is 11.6. The Balaban J connectivity index is 2.34. The topological polar surface area (TPSA) is 69.6 Å². The number of carbonyl (C=O) groups is 2. The Morgan fingerprint density at radius 1 is 1.25 bits per heavy atom. The Labute approximate surface area is 118 Å². The van der Waals surface area contributed by atoms with Crippen LogP contribution in [0.5, 0.6) is 0 Å². The molecule has 1 aromatic rings. The number of amides is 1. The van der Waals surface area contributed by atoms with Gasteiger partial charge in [0.05, 0.1) is 17.9 Å². The van der Waals surface area contributed by atoms with Crippen molar-refractivity contribution >= 4 is 23.1 Å². The first kappa shape index (κ1) is 14.5. The molecule has 1 amide bonds. The molecule has 0 atom stereocenters.